The molecule has 4 aromatic rings. The summed E-state index contributed by atoms with van der Waals surface area (Å²) in [5.74, 6) is -0.490. The molecule has 5 rings (SSSR count). The number of rotatable bonds is 9. The van der Waals surface area contributed by atoms with Gasteiger partial charge in [-0.3, -0.25) is 14.1 Å². The summed E-state index contributed by atoms with van der Waals surface area (Å²) in [5.41, 5.74) is 14.9. The second kappa shape index (κ2) is 11.2. The van der Waals surface area contributed by atoms with E-state index in [9.17, 15) is 9.18 Å². The fourth-order valence-electron chi connectivity index (χ4n) is 4.73. The molecule has 1 aliphatic heterocycles. The maximum Gasteiger partial charge on any atom is 0.323 e. The van der Waals surface area contributed by atoms with Crippen molar-refractivity contribution < 1.29 is 18.7 Å². The van der Waals surface area contributed by atoms with Crippen LogP contribution in [0.3, 0.4) is 0 Å². The van der Waals surface area contributed by atoms with Crippen LogP contribution >= 0.6 is 0 Å². The van der Waals surface area contributed by atoms with E-state index in [2.05, 4.69) is 28.1 Å². The highest BCUT2D eigenvalue weighted by molar-refractivity contribution is 5.82. The average Bonchev–Trinajstić information content (AvgIpc) is 3.55. The molecule has 10 nitrogen and oxygen atoms in total. The molecule has 0 spiro atoms. The van der Waals surface area contributed by atoms with Crippen molar-refractivity contribution in [2.75, 3.05) is 26.3 Å². The van der Waals surface area contributed by atoms with Crippen LogP contribution in [0.4, 0.5) is 4.39 Å². The third-order valence-electron chi connectivity index (χ3n) is 7.26. The van der Waals surface area contributed by atoms with Crippen molar-refractivity contribution in [1.29, 1.82) is 0 Å². The molecule has 11 heteroatoms. The zero-order valence-electron chi connectivity index (χ0n) is 22.4. The molecule has 206 valence electrons. The Labute approximate surface area is 226 Å². The number of benzene rings is 1. The summed E-state index contributed by atoms with van der Waals surface area (Å²) < 4.78 is 27.3. The van der Waals surface area contributed by atoms with Crippen LogP contribution in [-0.2, 0) is 9.53 Å². The van der Waals surface area contributed by atoms with Crippen LogP contribution in [0.5, 0.6) is 5.75 Å². The zero-order chi connectivity index (χ0) is 27.7. The van der Waals surface area contributed by atoms with Crippen LogP contribution in [0.15, 0.2) is 42.6 Å². The Hall–Kier alpha value is -3.67. The largest absolute Gasteiger partial charge is 0.487 e. The van der Waals surface area contributed by atoms with Crippen molar-refractivity contribution in [2.24, 2.45) is 17.4 Å². The number of carbonyl (C=O) groups excluding carboxylic acids is 1. The number of halogens is 1. The van der Waals surface area contributed by atoms with Crippen LogP contribution in [0.1, 0.15) is 38.8 Å². The van der Waals surface area contributed by atoms with E-state index in [0.717, 1.165) is 25.1 Å². The molecule has 0 bridgehead atoms. The fourth-order valence-corrected chi connectivity index (χ4v) is 4.73. The normalized spacial score (nSPS) is 17.7. The molecule has 4 heterocycles. The maximum atomic E-state index is 14.7. The smallest absolute Gasteiger partial charge is 0.323 e. The van der Waals surface area contributed by atoms with Crippen LogP contribution in [-0.4, -0.2) is 68.8 Å². The summed E-state index contributed by atoms with van der Waals surface area (Å²) >= 11 is 0. The number of nitrogens with zero attached hydrogens (tertiary/aromatic N) is 5. The third kappa shape index (κ3) is 5.70. The van der Waals surface area contributed by atoms with Gasteiger partial charge in [-0.1, -0.05) is 26.0 Å². The zero-order valence-corrected chi connectivity index (χ0v) is 22.4. The van der Waals surface area contributed by atoms with Gasteiger partial charge in [-0.05, 0) is 43.0 Å². The van der Waals surface area contributed by atoms with E-state index >= 15 is 0 Å². The van der Waals surface area contributed by atoms with E-state index in [1.165, 1.54) is 12.1 Å². The number of nitrogens with two attached hydrogens (primary N) is 2. The number of fused-ring (bicyclic) bond motifs is 2. The Balaban J connectivity index is 1.35. The minimum Gasteiger partial charge on any atom is -0.487 e. The van der Waals surface area contributed by atoms with E-state index in [1.54, 1.807) is 12.1 Å². The Bertz CT molecular complexity index is 1490. The first kappa shape index (κ1) is 26.9. The van der Waals surface area contributed by atoms with Gasteiger partial charge in [0, 0.05) is 42.8 Å². The van der Waals surface area contributed by atoms with Gasteiger partial charge < -0.3 is 20.9 Å². The minimum absolute atomic E-state index is 0.0161. The number of carbonyl (C=O) groups is 1. The summed E-state index contributed by atoms with van der Waals surface area (Å²) in [6, 6.07) is 10.2. The SMILES string of the molecule is CC(C)[C@H](N)C(=O)OCCOc1cc2nc(-c3nnc4ccc([C@H](C)N5CC[C@H](N)C5)cn34)ccc2cc1F. The first-order chi connectivity index (χ1) is 18.7. The third-order valence-corrected chi connectivity index (χ3v) is 7.26. The predicted octanol–water partition coefficient (Wildman–Crippen LogP) is 3.08. The van der Waals surface area contributed by atoms with Crippen LogP contribution in [0.2, 0.25) is 0 Å². The van der Waals surface area contributed by atoms with Gasteiger partial charge in [0.1, 0.15) is 24.9 Å². The van der Waals surface area contributed by atoms with Gasteiger partial charge in [0.15, 0.2) is 23.0 Å². The summed E-state index contributed by atoms with van der Waals surface area (Å²) in [6.45, 7) is 7.62. The molecule has 0 amide bonds. The average molecular weight is 536 g/mol. The molecular weight excluding hydrogens is 501 g/mol. The topological polar surface area (TPSA) is 134 Å². The molecule has 3 aromatic heterocycles. The molecule has 39 heavy (non-hydrogen) atoms. The fraction of sp³-hybridized carbons (Fsp3) is 0.429. The summed E-state index contributed by atoms with van der Waals surface area (Å²) in [6.07, 6.45) is 3.03. The quantitative estimate of drug-likeness (QED) is 0.245. The molecular formula is C28H34FN7O3. The van der Waals surface area contributed by atoms with Gasteiger partial charge in [0.05, 0.1) is 5.52 Å². The standard InChI is InChI=1S/C28H34FN7O3/c1-16(2)26(31)28(37)39-11-10-38-24-13-23-18(12-21(24)29)4-6-22(32-23)27-34-33-25-7-5-19(14-36(25)27)17(3)35-9-8-20(30)15-35/h4-7,12-14,16-17,20,26H,8-11,15,30-31H2,1-3H3/t17-,20-,26-/m0/s1. The lowest BCUT2D eigenvalue weighted by Gasteiger charge is -2.24. The van der Waals surface area contributed by atoms with Crippen molar-refractivity contribution in [3.05, 3.63) is 54.0 Å². The first-order valence-electron chi connectivity index (χ1n) is 13.2. The molecule has 0 unspecified atom stereocenters. The Morgan fingerprint density at radius 2 is 1.97 bits per heavy atom. The van der Waals surface area contributed by atoms with Gasteiger partial charge in [-0.25, -0.2) is 9.37 Å². The van der Waals surface area contributed by atoms with Gasteiger partial charge in [0.2, 0.25) is 0 Å². The summed E-state index contributed by atoms with van der Waals surface area (Å²) in [4.78, 5) is 19.0. The maximum absolute atomic E-state index is 14.7. The van der Waals surface area contributed by atoms with Gasteiger partial charge in [-0.2, -0.15) is 0 Å². The second-order valence-corrected chi connectivity index (χ2v) is 10.4. The molecule has 0 radical (unpaired) electrons. The molecule has 4 N–H and O–H groups in total. The van der Waals surface area contributed by atoms with Crippen molar-refractivity contribution in [3.63, 3.8) is 0 Å². The highest BCUT2D eigenvalue weighted by Gasteiger charge is 2.25. The molecule has 3 atom stereocenters. The Morgan fingerprint density at radius 3 is 2.72 bits per heavy atom. The van der Waals surface area contributed by atoms with Crippen molar-refractivity contribution >= 4 is 22.5 Å². The van der Waals surface area contributed by atoms with E-state index < -0.39 is 17.8 Å². The number of aromatic nitrogens is 4. The van der Waals surface area contributed by atoms with E-state index in [0.29, 0.717) is 28.1 Å². The number of esters is 1. The molecule has 1 fully saturated rings. The Kier molecular flexibility index (Phi) is 7.74. The lowest BCUT2D eigenvalue weighted by Crippen LogP contribution is -2.37. The molecule has 1 aromatic carbocycles. The van der Waals surface area contributed by atoms with Gasteiger partial charge in [-0.15, -0.1) is 10.2 Å². The van der Waals surface area contributed by atoms with Crippen LogP contribution in [0.25, 0.3) is 28.1 Å². The minimum atomic E-state index is -0.712. The molecule has 0 aliphatic carbocycles. The number of hydrogen-bond acceptors (Lipinski definition) is 9. The summed E-state index contributed by atoms with van der Waals surface area (Å²) in [5, 5.41) is 9.30. The highest BCUT2D eigenvalue weighted by atomic mass is 19.1. The molecule has 1 aliphatic rings. The summed E-state index contributed by atoms with van der Waals surface area (Å²) in [7, 11) is 0. The molecule has 1 saturated heterocycles. The number of hydrogen-bond donors (Lipinski definition) is 2. The van der Waals surface area contributed by atoms with Gasteiger partial charge in [0.25, 0.3) is 0 Å². The van der Waals surface area contributed by atoms with Crippen LogP contribution in [0, 0.1) is 11.7 Å². The number of ether oxygens (including phenoxy) is 2. The predicted molar refractivity (Wildman–Crippen MR) is 146 cm³/mol. The van der Waals surface area contributed by atoms with E-state index in [1.807, 2.05) is 30.5 Å². The van der Waals surface area contributed by atoms with E-state index in [4.69, 9.17) is 25.9 Å². The highest BCUT2D eigenvalue weighted by Crippen LogP contribution is 2.28. The van der Waals surface area contributed by atoms with Crippen LogP contribution < -0.4 is 16.2 Å². The second-order valence-electron chi connectivity index (χ2n) is 10.4. The number of likely N-dealkylation sites (tertiary alicyclic amines) is 1. The number of pyridine rings is 2. The molecule has 0 saturated carbocycles. The van der Waals surface area contributed by atoms with Gasteiger partial charge >= 0.3 is 5.97 Å². The lowest BCUT2D eigenvalue weighted by molar-refractivity contribution is -0.147. The van der Waals surface area contributed by atoms with Crippen molar-refractivity contribution in [2.45, 2.75) is 45.3 Å². The first-order valence-corrected chi connectivity index (χ1v) is 13.2. The Morgan fingerprint density at radius 1 is 1.15 bits per heavy atom. The van der Waals surface area contributed by atoms with Crippen molar-refractivity contribution in [3.8, 4) is 17.3 Å². The monoisotopic (exact) mass is 535 g/mol. The van der Waals surface area contributed by atoms with E-state index in [-0.39, 0.29) is 37.0 Å². The lowest BCUT2D eigenvalue weighted by atomic mass is 10.1. The van der Waals surface area contributed by atoms with Crippen molar-refractivity contribution in [1.82, 2.24) is 24.5 Å².